The Balaban J connectivity index is 1.32. The summed E-state index contributed by atoms with van der Waals surface area (Å²) in [6.07, 6.45) is 3.16. The van der Waals surface area contributed by atoms with Crippen molar-refractivity contribution in [3.05, 3.63) is 65.7 Å². The third kappa shape index (κ3) is 4.01. The third-order valence-electron chi connectivity index (χ3n) is 5.96. The second-order valence-electron chi connectivity index (χ2n) is 7.99. The van der Waals surface area contributed by atoms with Crippen molar-refractivity contribution in [3.63, 3.8) is 0 Å². The molecule has 27 heavy (non-hydrogen) atoms. The molecule has 2 heterocycles. The van der Waals surface area contributed by atoms with Gasteiger partial charge in [-0.25, -0.2) is 0 Å². The fourth-order valence-corrected chi connectivity index (χ4v) is 4.43. The summed E-state index contributed by atoms with van der Waals surface area (Å²) in [6.45, 7) is 4.29. The van der Waals surface area contributed by atoms with Crippen LogP contribution >= 0.6 is 0 Å². The molecule has 0 N–H and O–H groups in total. The first-order valence-corrected chi connectivity index (χ1v) is 9.88. The molecule has 4 rings (SSSR count). The topological polar surface area (TPSA) is 32.8 Å². The van der Waals surface area contributed by atoms with E-state index in [1.807, 2.05) is 42.3 Å². The van der Waals surface area contributed by atoms with Crippen LogP contribution in [0, 0.1) is 5.41 Å². The molecule has 2 aliphatic rings. The van der Waals surface area contributed by atoms with Crippen molar-refractivity contribution in [2.75, 3.05) is 26.7 Å². The van der Waals surface area contributed by atoms with Crippen LogP contribution in [-0.2, 0) is 17.9 Å². The number of hydrogen-bond acceptors (Lipinski definition) is 3. The minimum absolute atomic E-state index is 0.133. The van der Waals surface area contributed by atoms with Crippen molar-refractivity contribution in [2.45, 2.75) is 32.4 Å². The van der Waals surface area contributed by atoms with E-state index in [0.29, 0.717) is 12.5 Å². The molecule has 0 aromatic heterocycles. The summed E-state index contributed by atoms with van der Waals surface area (Å²) in [5, 5.41) is 0. The van der Waals surface area contributed by atoms with Gasteiger partial charge in [-0.2, -0.15) is 0 Å². The second-order valence-corrected chi connectivity index (χ2v) is 7.99. The average Bonchev–Trinajstić information content (AvgIpc) is 3.10. The van der Waals surface area contributed by atoms with Gasteiger partial charge in [-0.1, -0.05) is 42.5 Å². The summed E-state index contributed by atoms with van der Waals surface area (Å²) in [6, 6.07) is 18.6. The summed E-state index contributed by atoms with van der Waals surface area (Å²) >= 11 is 0. The summed E-state index contributed by atoms with van der Waals surface area (Å²) in [5.41, 5.74) is 2.31. The highest BCUT2D eigenvalue weighted by Gasteiger charge is 2.47. The molecule has 4 heteroatoms. The third-order valence-corrected chi connectivity index (χ3v) is 5.96. The van der Waals surface area contributed by atoms with Crippen molar-refractivity contribution in [1.82, 2.24) is 9.80 Å². The number of piperidine rings is 1. The largest absolute Gasteiger partial charge is 0.489 e. The second kappa shape index (κ2) is 7.73. The van der Waals surface area contributed by atoms with Gasteiger partial charge in [0.05, 0.1) is 5.41 Å². The Morgan fingerprint density at radius 1 is 0.963 bits per heavy atom. The van der Waals surface area contributed by atoms with E-state index in [-0.39, 0.29) is 5.41 Å². The minimum atomic E-state index is -0.133. The molecule has 1 unspecified atom stereocenters. The Kier molecular flexibility index (Phi) is 5.17. The predicted molar refractivity (Wildman–Crippen MR) is 106 cm³/mol. The number of rotatable bonds is 5. The fraction of sp³-hybridized carbons (Fsp3) is 0.435. The van der Waals surface area contributed by atoms with E-state index in [0.717, 1.165) is 51.2 Å². The van der Waals surface area contributed by atoms with Crippen molar-refractivity contribution >= 4 is 5.91 Å². The van der Waals surface area contributed by atoms with Crippen molar-refractivity contribution < 1.29 is 9.53 Å². The van der Waals surface area contributed by atoms with Gasteiger partial charge in [-0.15, -0.1) is 0 Å². The maximum Gasteiger partial charge on any atom is 0.229 e. The summed E-state index contributed by atoms with van der Waals surface area (Å²) < 4.78 is 5.87. The molecule has 0 saturated carbocycles. The van der Waals surface area contributed by atoms with Crippen LogP contribution < -0.4 is 4.74 Å². The molecule has 2 fully saturated rings. The SMILES string of the molecule is CN1CCCC2(CCN(Cc3ccc(OCc4ccccc4)cc3)C2)C1=O. The zero-order valence-corrected chi connectivity index (χ0v) is 16.1. The highest BCUT2D eigenvalue weighted by molar-refractivity contribution is 5.83. The van der Waals surface area contributed by atoms with Gasteiger partial charge in [0.25, 0.3) is 0 Å². The Bertz CT molecular complexity index is 775. The maximum absolute atomic E-state index is 12.7. The zero-order valence-electron chi connectivity index (χ0n) is 16.1. The predicted octanol–water partition coefficient (Wildman–Crippen LogP) is 3.71. The first-order valence-electron chi connectivity index (χ1n) is 9.88. The van der Waals surface area contributed by atoms with Gasteiger partial charge in [0.2, 0.25) is 5.91 Å². The number of nitrogens with zero attached hydrogens (tertiary/aromatic N) is 2. The van der Waals surface area contributed by atoms with Crippen molar-refractivity contribution in [1.29, 1.82) is 0 Å². The molecule has 2 saturated heterocycles. The van der Waals surface area contributed by atoms with Crippen LogP contribution in [0.2, 0.25) is 0 Å². The van der Waals surface area contributed by atoms with Gasteiger partial charge >= 0.3 is 0 Å². The molecule has 1 atom stereocenters. The quantitative estimate of drug-likeness (QED) is 0.811. The standard InChI is InChI=1S/C23H28N2O2/c1-24-14-5-12-23(22(24)26)13-15-25(18-23)16-19-8-10-21(11-9-19)27-17-20-6-3-2-4-7-20/h2-4,6-11H,5,12-18H2,1H3. The molecule has 142 valence electrons. The molecule has 2 aromatic carbocycles. The normalized spacial score (nSPS) is 23.1. The van der Waals surface area contributed by atoms with Crippen LogP contribution in [-0.4, -0.2) is 42.4 Å². The fourth-order valence-electron chi connectivity index (χ4n) is 4.43. The lowest BCUT2D eigenvalue weighted by atomic mass is 9.78. The molecule has 4 nitrogen and oxygen atoms in total. The van der Waals surface area contributed by atoms with E-state index in [4.69, 9.17) is 4.74 Å². The van der Waals surface area contributed by atoms with Crippen molar-refractivity contribution in [3.8, 4) is 5.75 Å². The molecular weight excluding hydrogens is 336 g/mol. The van der Waals surface area contributed by atoms with E-state index in [1.165, 1.54) is 11.1 Å². The Labute approximate surface area is 161 Å². The molecule has 1 amide bonds. The van der Waals surface area contributed by atoms with Crippen LogP contribution in [0.15, 0.2) is 54.6 Å². The molecule has 1 spiro atoms. The van der Waals surface area contributed by atoms with Gasteiger partial charge < -0.3 is 9.64 Å². The first kappa shape index (κ1) is 18.1. The number of hydrogen-bond donors (Lipinski definition) is 0. The smallest absolute Gasteiger partial charge is 0.229 e. The number of benzene rings is 2. The molecule has 2 aromatic rings. The molecular formula is C23H28N2O2. The first-order chi connectivity index (χ1) is 13.1. The summed E-state index contributed by atoms with van der Waals surface area (Å²) in [4.78, 5) is 17.0. The number of amides is 1. The highest BCUT2D eigenvalue weighted by atomic mass is 16.5. The lowest BCUT2D eigenvalue weighted by molar-refractivity contribution is -0.143. The average molecular weight is 364 g/mol. The van der Waals surface area contributed by atoms with Crippen LogP contribution in [0.5, 0.6) is 5.75 Å². The Morgan fingerprint density at radius 2 is 1.74 bits per heavy atom. The number of carbonyl (C=O) groups is 1. The van der Waals surface area contributed by atoms with Gasteiger partial charge in [0.15, 0.2) is 0 Å². The molecule has 0 aliphatic carbocycles. The van der Waals surface area contributed by atoms with Gasteiger partial charge in [0, 0.05) is 26.7 Å². The number of ether oxygens (including phenoxy) is 1. The van der Waals surface area contributed by atoms with Gasteiger partial charge in [0.1, 0.15) is 12.4 Å². The Hall–Kier alpha value is -2.33. The van der Waals surface area contributed by atoms with E-state index in [2.05, 4.69) is 29.2 Å². The maximum atomic E-state index is 12.7. The number of carbonyl (C=O) groups excluding carboxylic acids is 1. The minimum Gasteiger partial charge on any atom is -0.489 e. The van der Waals surface area contributed by atoms with Crippen LogP contribution in [0.1, 0.15) is 30.4 Å². The lowest BCUT2D eigenvalue weighted by Crippen LogP contribution is -2.48. The van der Waals surface area contributed by atoms with Crippen LogP contribution in [0.3, 0.4) is 0 Å². The Morgan fingerprint density at radius 3 is 2.52 bits per heavy atom. The van der Waals surface area contributed by atoms with Crippen LogP contribution in [0.4, 0.5) is 0 Å². The van der Waals surface area contributed by atoms with Crippen molar-refractivity contribution in [2.24, 2.45) is 5.41 Å². The molecule has 2 aliphatic heterocycles. The monoisotopic (exact) mass is 364 g/mol. The molecule has 0 bridgehead atoms. The molecule has 0 radical (unpaired) electrons. The van der Waals surface area contributed by atoms with Gasteiger partial charge in [-0.3, -0.25) is 9.69 Å². The van der Waals surface area contributed by atoms with E-state index in [1.54, 1.807) is 0 Å². The lowest BCUT2D eigenvalue weighted by Gasteiger charge is -2.37. The van der Waals surface area contributed by atoms with E-state index < -0.39 is 0 Å². The van der Waals surface area contributed by atoms with E-state index in [9.17, 15) is 4.79 Å². The zero-order chi connectivity index (χ0) is 18.7. The highest BCUT2D eigenvalue weighted by Crippen LogP contribution is 2.40. The van der Waals surface area contributed by atoms with Crippen LogP contribution in [0.25, 0.3) is 0 Å². The van der Waals surface area contributed by atoms with E-state index >= 15 is 0 Å². The van der Waals surface area contributed by atoms with Gasteiger partial charge in [-0.05, 0) is 49.1 Å². The summed E-state index contributed by atoms with van der Waals surface area (Å²) in [7, 11) is 1.94. The summed E-state index contributed by atoms with van der Waals surface area (Å²) in [5.74, 6) is 1.24. The number of likely N-dealkylation sites (tertiary alicyclic amines) is 2.